The van der Waals surface area contributed by atoms with Crippen LogP contribution in [0.5, 0.6) is 11.5 Å². The molecule has 5 aromatic rings. The first kappa shape index (κ1) is 47.8. The fraction of sp³-hybridized carbons (Fsp3) is 0.442. The van der Waals surface area contributed by atoms with E-state index in [0.29, 0.717) is 18.8 Å². The molecule has 6 atom stereocenters. The first-order chi connectivity index (χ1) is 31.8. The van der Waals surface area contributed by atoms with Gasteiger partial charge in [-0.15, -0.1) is 0 Å². The van der Waals surface area contributed by atoms with E-state index < -0.39 is 38.3 Å². The van der Waals surface area contributed by atoms with Gasteiger partial charge in [0.25, 0.3) is 8.53 Å². The summed E-state index contributed by atoms with van der Waals surface area (Å²) in [5, 5.41) is 17.0. The Bertz CT molecular complexity index is 2240. The summed E-state index contributed by atoms with van der Waals surface area (Å²) in [5.41, 5.74) is 2.18. The van der Waals surface area contributed by atoms with Crippen molar-refractivity contribution in [3.05, 3.63) is 154 Å². The van der Waals surface area contributed by atoms with Crippen LogP contribution in [-0.2, 0) is 30.7 Å². The predicted molar refractivity (Wildman–Crippen MR) is 255 cm³/mol. The number of aromatic nitrogens is 2. The van der Waals surface area contributed by atoms with Gasteiger partial charge in [-0.3, -0.25) is 4.57 Å². The topological polar surface area (TPSA) is 138 Å². The van der Waals surface area contributed by atoms with E-state index in [-0.39, 0.29) is 31.1 Å². The fourth-order valence-corrected chi connectivity index (χ4v) is 10.5. The second kappa shape index (κ2) is 23.9. The lowest BCUT2D eigenvalue weighted by Gasteiger charge is -2.37. The molecule has 2 fully saturated rings. The van der Waals surface area contributed by atoms with Gasteiger partial charge in [0.15, 0.2) is 0 Å². The number of hydrogen-bond donors (Lipinski definition) is 2. The summed E-state index contributed by atoms with van der Waals surface area (Å²) in [7, 11) is 1.60. The number of unbranched alkanes of at least 4 members (excludes halogenated alkanes) is 1. The standard InChI is InChI=1S/C52H64N5O7P/c1-5-6-16-38(2)46(31-33-53)63-65(56-43-21-14-9-15-22-43)64-47-35-50(57-34-32-49(55-51(57)58)54-36-39-17-10-7-11-18-39)62-48(47)37-61-52(40-19-12-8-13-20-40,41-23-27-44(59-3)28-24-41)42-25-29-45(60-4)30-26-42/h7-8,10-13,17-20,23-30,32,34,38,43,46-48,50,56H,5-6,9,14-16,21-22,31,35-37H2,1-4H3,(H,54,55,58). The number of hydrogen-bond acceptors (Lipinski definition) is 11. The van der Waals surface area contributed by atoms with E-state index in [1.165, 1.54) is 11.0 Å². The summed E-state index contributed by atoms with van der Waals surface area (Å²) in [6.45, 7) is 4.95. The van der Waals surface area contributed by atoms with E-state index in [0.717, 1.165) is 78.7 Å². The van der Waals surface area contributed by atoms with E-state index >= 15 is 0 Å². The molecule has 13 heteroatoms. The third kappa shape index (κ3) is 12.4. The summed E-state index contributed by atoms with van der Waals surface area (Å²) in [5.74, 6) is 2.07. The van der Waals surface area contributed by atoms with Crippen LogP contribution in [0.3, 0.4) is 0 Å². The average Bonchev–Trinajstić information content (AvgIpc) is 3.75. The minimum absolute atomic E-state index is 0.0775. The van der Waals surface area contributed by atoms with Crippen LogP contribution in [0.1, 0.15) is 107 Å². The molecule has 4 aromatic carbocycles. The molecule has 1 aliphatic heterocycles. The summed E-state index contributed by atoms with van der Waals surface area (Å²) in [6.07, 6.45) is 8.62. The van der Waals surface area contributed by atoms with Gasteiger partial charge in [-0.2, -0.15) is 10.2 Å². The summed E-state index contributed by atoms with van der Waals surface area (Å²) < 4.78 is 41.1. The SMILES string of the molecule is CCCCC(C)C(CC#N)OP(NC1CCCCC1)OC1CC(n2ccc(NCc3ccccc3)nc2=O)OC1COC(c1ccccc1)(c1ccc(OC)cc1)c1ccc(OC)cc1. The van der Waals surface area contributed by atoms with Gasteiger partial charge in [0, 0.05) is 25.2 Å². The average molecular weight is 902 g/mol. The van der Waals surface area contributed by atoms with Gasteiger partial charge < -0.3 is 33.3 Å². The number of nitriles is 1. The lowest BCUT2D eigenvalue weighted by Crippen LogP contribution is -2.39. The molecule has 344 valence electrons. The van der Waals surface area contributed by atoms with Gasteiger partial charge in [-0.05, 0) is 77.8 Å². The number of nitrogens with one attached hydrogen (secondary N) is 2. The van der Waals surface area contributed by atoms with Crippen molar-refractivity contribution in [2.75, 3.05) is 26.1 Å². The number of rotatable bonds is 23. The monoisotopic (exact) mass is 901 g/mol. The molecule has 1 saturated heterocycles. The molecular weight excluding hydrogens is 838 g/mol. The highest BCUT2D eigenvalue weighted by molar-refractivity contribution is 7.45. The van der Waals surface area contributed by atoms with Crippen molar-refractivity contribution >= 4 is 14.3 Å². The van der Waals surface area contributed by atoms with Crippen LogP contribution in [0, 0.1) is 17.2 Å². The zero-order chi connectivity index (χ0) is 45.4. The van der Waals surface area contributed by atoms with Crippen LogP contribution in [0.4, 0.5) is 5.82 Å². The molecule has 2 aliphatic rings. The molecule has 1 aromatic heterocycles. The van der Waals surface area contributed by atoms with E-state index in [9.17, 15) is 10.1 Å². The number of ether oxygens (including phenoxy) is 4. The van der Waals surface area contributed by atoms with E-state index in [4.69, 9.17) is 28.0 Å². The Labute approximate surface area is 385 Å². The first-order valence-corrected chi connectivity index (χ1v) is 24.3. The Hall–Kier alpha value is -5.12. The lowest BCUT2D eigenvalue weighted by atomic mass is 9.80. The molecule has 65 heavy (non-hydrogen) atoms. The predicted octanol–water partition coefficient (Wildman–Crippen LogP) is 10.8. The molecule has 1 saturated carbocycles. The Morgan fingerprint density at radius 1 is 0.877 bits per heavy atom. The normalized spacial score (nSPS) is 19.2. The van der Waals surface area contributed by atoms with Gasteiger partial charge in [0.05, 0.1) is 45.5 Å². The first-order valence-electron chi connectivity index (χ1n) is 23.1. The second-order valence-corrected chi connectivity index (χ2v) is 18.2. The Morgan fingerprint density at radius 3 is 2.11 bits per heavy atom. The van der Waals surface area contributed by atoms with Gasteiger partial charge in [0.2, 0.25) is 0 Å². The maximum atomic E-state index is 13.9. The number of anilines is 1. The van der Waals surface area contributed by atoms with E-state index in [2.05, 4.69) is 47.4 Å². The highest BCUT2D eigenvalue weighted by Crippen LogP contribution is 2.47. The van der Waals surface area contributed by atoms with Crippen molar-refractivity contribution in [2.45, 2.75) is 121 Å². The van der Waals surface area contributed by atoms with Crippen LogP contribution in [-0.4, -0.2) is 54.7 Å². The van der Waals surface area contributed by atoms with Crippen LogP contribution in [0.2, 0.25) is 0 Å². The molecule has 0 radical (unpaired) electrons. The molecule has 0 spiro atoms. The van der Waals surface area contributed by atoms with Crippen molar-refractivity contribution in [2.24, 2.45) is 5.92 Å². The molecule has 0 bridgehead atoms. The minimum Gasteiger partial charge on any atom is -0.497 e. The number of nitrogens with zero attached hydrogens (tertiary/aromatic N) is 3. The summed E-state index contributed by atoms with van der Waals surface area (Å²) >= 11 is 0. The van der Waals surface area contributed by atoms with Gasteiger partial charge in [0.1, 0.15) is 35.2 Å². The Balaban J connectivity index is 1.25. The molecule has 12 nitrogen and oxygen atoms in total. The van der Waals surface area contributed by atoms with Crippen molar-refractivity contribution in [3.8, 4) is 17.6 Å². The second-order valence-electron chi connectivity index (χ2n) is 17.0. The molecule has 2 heterocycles. The lowest BCUT2D eigenvalue weighted by molar-refractivity contribution is -0.0923. The summed E-state index contributed by atoms with van der Waals surface area (Å²) in [6, 6.07) is 40.4. The van der Waals surface area contributed by atoms with Crippen LogP contribution >= 0.6 is 8.53 Å². The number of methoxy groups -OCH3 is 2. The van der Waals surface area contributed by atoms with E-state index in [1.54, 1.807) is 26.5 Å². The quantitative estimate of drug-likeness (QED) is 0.0478. The Kier molecular flexibility index (Phi) is 17.6. The van der Waals surface area contributed by atoms with Crippen molar-refractivity contribution in [1.82, 2.24) is 14.6 Å². The number of benzene rings is 4. The van der Waals surface area contributed by atoms with Gasteiger partial charge in [-0.1, -0.05) is 131 Å². The maximum absolute atomic E-state index is 13.9. The van der Waals surface area contributed by atoms with Crippen LogP contribution in [0.15, 0.2) is 126 Å². The molecule has 1 aliphatic carbocycles. The summed E-state index contributed by atoms with van der Waals surface area (Å²) in [4.78, 5) is 18.3. The molecule has 2 N–H and O–H groups in total. The zero-order valence-corrected chi connectivity index (χ0v) is 39.0. The molecule has 7 rings (SSSR count). The maximum Gasteiger partial charge on any atom is 0.351 e. The minimum atomic E-state index is -1.71. The third-order valence-electron chi connectivity index (χ3n) is 12.6. The van der Waals surface area contributed by atoms with Crippen LogP contribution < -0.4 is 25.6 Å². The molecule has 0 amide bonds. The highest BCUT2D eigenvalue weighted by atomic mass is 31.2. The Morgan fingerprint density at radius 2 is 1.51 bits per heavy atom. The highest BCUT2D eigenvalue weighted by Gasteiger charge is 2.45. The van der Waals surface area contributed by atoms with E-state index in [1.807, 2.05) is 97.1 Å². The van der Waals surface area contributed by atoms with Crippen LogP contribution in [0.25, 0.3) is 0 Å². The molecule has 6 unspecified atom stereocenters. The smallest absolute Gasteiger partial charge is 0.351 e. The zero-order valence-electron chi connectivity index (χ0n) is 38.1. The largest absolute Gasteiger partial charge is 0.497 e. The van der Waals surface area contributed by atoms with Crippen molar-refractivity contribution < 1.29 is 28.0 Å². The van der Waals surface area contributed by atoms with Crippen molar-refractivity contribution in [3.63, 3.8) is 0 Å². The van der Waals surface area contributed by atoms with Gasteiger partial charge in [-0.25, -0.2) is 9.88 Å². The fourth-order valence-electron chi connectivity index (χ4n) is 8.79. The van der Waals surface area contributed by atoms with Gasteiger partial charge >= 0.3 is 5.69 Å². The van der Waals surface area contributed by atoms with Crippen molar-refractivity contribution in [1.29, 1.82) is 5.26 Å². The molecular formula is C52H64N5O7P. The third-order valence-corrected chi connectivity index (χ3v) is 14.1.